The Bertz CT molecular complexity index is 874. The molecule has 3 rings (SSSR count). The molecule has 0 aromatic heterocycles. The summed E-state index contributed by atoms with van der Waals surface area (Å²) in [6.07, 6.45) is 5.92. The van der Waals surface area contributed by atoms with Gasteiger partial charge in [0, 0.05) is 13.1 Å². The van der Waals surface area contributed by atoms with E-state index in [9.17, 15) is 19.5 Å². The van der Waals surface area contributed by atoms with Crippen molar-refractivity contribution in [3.8, 4) is 0 Å². The third-order valence-corrected chi connectivity index (χ3v) is 8.37. The van der Waals surface area contributed by atoms with Crippen LogP contribution in [0.3, 0.4) is 0 Å². The first-order chi connectivity index (χ1) is 17.0. The molecule has 202 valence electrons. The van der Waals surface area contributed by atoms with Gasteiger partial charge in [0.15, 0.2) is 0 Å². The van der Waals surface area contributed by atoms with Crippen molar-refractivity contribution in [2.75, 3.05) is 26.3 Å². The van der Waals surface area contributed by atoms with Crippen LogP contribution in [0.2, 0.25) is 0 Å². The average molecular weight is 505 g/mol. The van der Waals surface area contributed by atoms with Crippen LogP contribution in [0.1, 0.15) is 60.3 Å². The molecule has 7 atom stereocenters. The Balaban J connectivity index is 2.14. The van der Waals surface area contributed by atoms with E-state index in [0.29, 0.717) is 25.9 Å². The molecule has 1 spiro atoms. The fourth-order valence-electron chi connectivity index (χ4n) is 6.73. The predicted octanol–water partition coefficient (Wildman–Crippen LogP) is 2.95. The molecule has 2 amide bonds. The number of likely N-dealkylation sites (tertiary alicyclic amines) is 1. The Morgan fingerprint density at radius 2 is 2.03 bits per heavy atom. The molecule has 0 saturated carbocycles. The van der Waals surface area contributed by atoms with Crippen molar-refractivity contribution in [1.82, 2.24) is 9.80 Å². The van der Waals surface area contributed by atoms with Crippen LogP contribution in [0.25, 0.3) is 0 Å². The van der Waals surface area contributed by atoms with E-state index in [1.165, 1.54) is 6.08 Å². The molecule has 3 unspecified atom stereocenters. The van der Waals surface area contributed by atoms with Gasteiger partial charge in [0.1, 0.15) is 24.2 Å². The van der Waals surface area contributed by atoms with Crippen LogP contribution in [0.4, 0.5) is 0 Å². The van der Waals surface area contributed by atoms with Crippen LogP contribution in [0.5, 0.6) is 0 Å². The minimum absolute atomic E-state index is 0.0382. The lowest BCUT2D eigenvalue weighted by molar-refractivity contribution is -0.163. The summed E-state index contributed by atoms with van der Waals surface area (Å²) in [4.78, 5) is 45.1. The molecule has 3 aliphatic heterocycles. The molecular weight excluding hydrogens is 460 g/mol. The first-order valence-electron chi connectivity index (χ1n) is 13.3. The summed E-state index contributed by atoms with van der Waals surface area (Å²) in [7, 11) is 0. The number of nitrogens with zero attached hydrogens (tertiary/aromatic N) is 2. The molecule has 0 aliphatic carbocycles. The van der Waals surface area contributed by atoms with Crippen LogP contribution < -0.4 is 0 Å². The predicted molar refractivity (Wildman–Crippen MR) is 137 cm³/mol. The first kappa shape index (κ1) is 28.4. The standard InChI is InChI=1S/C28H44N2O6/c1-8-11-13-29(12-9-2)25(33)23-28-16-19(6)27(7,36-28)22(26(34)35-14-10-3)21(28)24(32)30(23)20(17-31)15-18(4)5/h9-10,18-23,31H,2-3,8,11-17H2,1,4-7H3/t19?,20-,21+,22-,23?,27+,28?/m1/s1. The largest absolute Gasteiger partial charge is 0.461 e. The number of unbranched alkanes of at least 4 members (excludes halogenated alkanes) is 1. The Morgan fingerprint density at radius 3 is 2.58 bits per heavy atom. The number of hydrogen-bond donors (Lipinski definition) is 1. The molecule has 0 aromatic rings. The Hall–Kier alpha value is -2.19. The van der Waals surface area contributed by atoms with Gasteiger partial charge in [-0.05, 0) is 38.0 Å². The van der Waals surface area contributed by atoms with Crippen LogP contribution >= 0.6 is 0 Å². The van der Waals surface area contributed by atoms with Gasteiger partial charge in [0.2, 0.25) is 11.8 Å². The van der Waals surface area contributed by atoms with Crippen LogP contribution in [-0.2, 0) is 23.9 Å². The summed E-state index contributed by atoms with van der Waals surface area (Å²) >= 11 is 0. The van der Waals surface area contributed by atoms with E-state index in [4.69, 9.17) is 9.47 Å². The fraction of sp³-hybridized carbons (Fsp3) is 0.750. The van der Waals surface area contributed by atoms with E-state index in [1.807, 2.05) is 27.7 Å². The Morgan fingerprint density at radius 1 is 1.33 bits per heavy atom. The van der Waals surface area contributed by atoms with Crippen molar-refractivity contribution in [3.63, 3.8) is 0 Å². The van der Waals surface area contributed by atoms with E-state index in [1.54, 1.807) is 15.9 Å². The van der Waals surface area contributed by atoms with Gasteiger partial charge < -0.3 is 24.4 Å². The fourth-order valence-corrected chi connectivity index (χ4v) is 6.73. The summed E-state index contributed by atoms with van der Waals surface area (Å²) in [5.41, 5.74) is -2.08. The van der Waals surface area contributed by atoms with E-state index in [-0.39, 0.29) is 36.9 Å². The summed E-state index contributed by atoms with van der Waals surface area (Å²) in [6.45, 7) is 18.1. The van der Waals surface area contributed by atoms with Gasteiger partial charge in [-0.15, -0.1) is 6.58 Å². The quantitative estimate of drug-likeness (QED) is 0.306. The lowest BCUT2D eigenvalue weighted by atomic mass is 9.62. The monoisotopic (exact) mass is 504 g/mol. The van der Waals surface area contributed by atoms with Crippen molar-refractivity contribution < 1.29 is 29.0 Å². The van der Waals surface area contributed by atoms with Crippen molar-refractivity contribution in [3.05, 3.63) is 25.3 Å². The zero-order chi connectivity index (χ0) is 26.8. The molecule has 36 heavy (non-hydrogen) atoms. The van der Waals surface area contributed by atoms with Crippen molar-refractivity contribution >= 4 is 17.8 Å². The number of carbonyl (C=O) groups excluding carboxylic acids is 3. The molecule has 1 N–H and O–H groups in total. The van der Waals surface area contributed by atoms with Crippen LogP contribution in [0.15, 0.2) is 25.3 Å². The average Bonchev–Trinajstić information content (AvgIpc) is 3.34. The van der Waals surface area contributed by atoms with E-state index < -0.39 is 41.1 Å². The van der Waals surface area contributed by atoms with E-state index in [0.717, 1.165) is 12.8 Å². The zero-order valence-electron chi connectivity index (χ0n) is 22.6. The number of aliphatic hydroxyl groups is 1. The van der Waals surface area contributed by atoms with Gasteiger partial charge in [-0.2, -0.15) is 0 Å². The molecule has 3 fully saturated rings. The molecule has 3 saturated heterocycles. The topological polar surface area (TPSA) is 96.4 Å². The van der Waals surface area contributed by atoms with Gasteiger partial charge in [0.05, 0.1) is 24.2 Å². The minimum Gasteiger partial charge on any atom is -0.461 e. The molecule has 0 aromatic carbocycles. The second-order valence-corrected chi connectivity index (χ2v) is 11.3. The number of carbonyl (C=O) groups is 3. The summed E-state index contributed by atoms with van der Waals surface area (Å²) in [5.74, 6) is -2.58. The molecule has 0 radical (unpaired) electrons. The van der Waals surface area contributed by atoms with Crippen molar-refractivity contribution in [2.24, 2.45) is 23.7 Å². The SMILES string of the molecule is C=CCOC(=O)[C@H]1[C@H]2C(=O)N([C@@H](CO)CC(C)C)C(C(=O)N(CC=C)CCCC)C23CC(C)[C@]1(C)O3. The molecule has 3 aliphatic rings. The lowest BCUT2D eigenvalue weighted by Crippen LogP contribution is -2.59. The van der Waals surface area contributed by atoms with E-state index in [2.05, 4.69) is 20.1 Å². The molecule has 2 bridgehead atoms. The number of ether oxygens (including phenoxy) is 2. The van der Waals surface area contributed by atoms with Crippen LogP contribution in [-0.4, -0.2) is 82.3 Å². The molecule has 8 heteroatoms. The number of aliphatic hydroxyl groups excluding tert-OH is 1. The molecule has 3 heterocycles. The summed E-state index contributed by atoms with van der Waals surface area (Å²) in [6, 6.07) is -1.48. The number of hydrogen-bond acceptors (Lipinski definition) is 6. The van der Waals surface area contributed by atoms with Gasteiger partial charge in [-0.3, -0.25) is 14.4 Å². The summed E-state index contributed by atoms with van der Waals surface area (Å²) in [5, 5.41) is 10.4. The van der Waals surface area contributed by atoms with Crippen molar-refractivity contribution in [2.45, 2.75) is 83.6 Å². The maximum Gasteiger partial charge on any atom is 0.313 e. The highest BCUT2D eigenvalue weighted by atomic mass is 16.6. The van der Waals surface area contributed by atoms with Gasteiger partial charge in [-0.1, -0.05) is 52.8 Å². The second kappa shape index (κ2) is 11.1. The number of fused-ring (bicyclic) bond motifs is 1. The zero-order valence-corrected chi connectivity index (χ0v) is 22.6. The smallest absolute Gasteiger partial charge is 0.313 e. The maximum atomic E-state index is 14.3. The highest BCUT2D eigenvalue weighted by Gasteiger charge is 2.80. The van der Waals surface area contributed by atoms with Crippen LogP contribution in [0, 0.1) is 23.7 Å². The highest BCUT2D eigenvalue weighted by molar-refractivity contribution is 5.98. The third kappa shape index (κ3) is 4.51. The maximum absolute atomic E-state index is 14.3. The van der Waals surface area contributed by atoms with Gasteiger partial charge in [0.25, 0.3) is 0 Å². The summed E-state index contributed by atoms with van der Waals surface area (Å²) < 4.78 is 12.2. The molecular formula is C28H44N2O6. The Kier molecular flexibility index (Phi) is 8.71. The third-order valence-electron chi connectivity index (χ3n) is 8.37. The number of rotatable bonds is 13. The van der Waals surface area contributed by atoms with Crippen molar-refractivity contribution in [1.29, 1.82) is 0 Å². The minimum atomic E-state index is -1.16. The van der Waals surface area contributed by atoms with Gasteiger partial charge >= 0.3 is 5.97 Å². The normalized spacial score (nSPS) is 33.5. The number of amides is 2. The highest BCUT2D eigenvalue weighted by Crippen LogP contribution is 2.65. The Labute approximate surface area is 215 Å². The van der Waals surface area contributed by atoms with E-state index >= 15 is 0 Å². The van der Waals surface area contributed by atoms with Gasteiger partial charge in [-0.25, -0.2) is 0 Å². The lowest BCUT2D eigenvalue weighted by Gasteiger charge is -2.40. The molecule has 8 nitrogen and oxygen atoms in total. The first-order valence-corrected chi connectivity index (χ1v) is 13.3. The number of esters is 1. The second-order valence-electron chi connectivity index (χ2n) is 11.3.